The van der Waals surface area contributed by atoms with Gasteiger partial charge in [-0.2, -0.15) is 0 Å². The van der Waals surface area contributed by atoms with Crippen LogP contribution in [0.4, 0.5) is 0 Å². The fourth-order valence-corrected chi connectivity index (χ4v) is 7.79. The molecule has 0 aliphatic carbocycles. The molecule has 0 amide bonds. The number of nitrogens with zero attached hydrogens (tertiary/aromatic N) is 2. The molecular weight excluding hydrogens is 742 g/mol. The van der Waals surface area contributed by atoms with Crippen molar-refractivity contribution in [2.45, 2.75) is 26.8 Å². The van der Waals surface area contributed by atoms with Gasteiger partial charge in [-0.05, 0) is 101 Å². The van der Waals surface area contributed by atoms with Crippen LogP contribution in [0.25, 0.3) is 6.08 Å². The summed E-state index contributed by atoms with van der Waals surface area (Å²) in [4.78, 5) is 44.2. The Morgan fingerprint density at radius 1 is 1.16 bits per heavy atom. The van der Waals surface area contributed by atoms with Gasteiger partial charge in [0.25, 0.3) is 5.56 Å². The van der Waals surface area contributed by atoms with E-state index in [0.29, 0.717) is 33.0 Å². The van der Waals surface area contributed by atoms with Gasteiger partial charge in [0.15, 0.2) is 11.4 Å². The average Bonchev–Trinajstić information content (AvgIpc) is 3.47. The number of hydrogen-bond acceptors (Lipinski definition) is 9. The van der Waals surface area contributed by atoms with Gasteiger partial charge in [0.05, 0.1) is 36.2 Å². The number of fused-ring (bicyclic) bond motifs is 1. The SMILES string of the molecule is CCOC(=O)COc1c(I)cc(/C=c2\sc3n(c2=O)[C@@H](c2cccs2)C(C(=O)OCC)=C(C)N=3)cc1I. The number of ether oxygens (including phenoxy) is 3. The van der Waals surface area contributed by atoms with E-state index in [4.69, 9.17) is 14.2 Å². The molecule has 0 unspecified atom stereocenters. The summed E-state index contributed by atoms with van der Waals surface area (Å²) in [6, 6.07) is 6.96. The number of benzene rings is 1. The summed E-state index contributed by atoms with van der Waals surface area (Å²) >= 11 is 7.03. The lowest BCUT2D eigenvalue weighted by atomic mass is 10.0. The normalized spacial score (nSPS) is 15.3. The highest BCUT2D eigenvalue weighted by molar-refractivity contribution is 14.1. The summed E-state index contributed by atoms with van der Waals surface area (Å²) in [5.41, 5.74) is 1.48. The number of allylic oxidation sites excluding steroid dienone is 1. The lowest BCUT2D eigenvalue weighted by Crippen LogP contribution is -2.39. The van der Waals surface area contributed by atoms with Crippen molar-refractivity contribution in [3.63, 3.8) is 0 Å². The Bertz CT molecular complexity index is 1530. The molecule has 1 atom stereocenters. The maximum atomic E-state index is 13.7. The van der Waals surface area contributed by atoms with Crippen LogP contribution in [0.5, 0.6) is 5.75 Å². The van der Waals surface area contributed by atoms with Crippen molar-refractivity contribution in [3.8, 4) is 5.75 Å². The highest BCUT2D eigenvalue weighted by Gasteiger charge is 2.33. The van der Waals surface area contributed by atoms with Gasteiger partial charge in [-0.25, -0.2) is 14.6 Å². The molecule has 8 nitrogen and oxygen atoms in total. The Labute approximate surface area is 247 Å². The summed E-state index contributed by atoms with van der Waals surface area (Å²) < 4.78 is 19.6. The zero-order chi connectivity index (χ0) is 26.7. The van der Waals surface area contributed by atoms with Gasteiger partial charge in [-0.15, -0.1) is 11.3 Å². The molecule has 3 heterocycles. The van der Waals surface area contributed by atoms with E-state index < -0.39 is 18.0 Å². The number of thiophene rings is 1. The number of hydrogen-bond donors (Lipinski definition) is 0. The molecule has 3 aromatic rings. The van der Waals surface area contributed by atoms with E-state index in [-0.39, 0.29) is 18.8 Å². The van der Waals surface area contributed by atoms with Gasteiger partial charge < -0.3 is 14.2 Å². The third-order valence-corrected chi connectivity index (χ3v) is 8.80. The van der Waals surface area contributed by atoms with Crippen LogP contribution in [0, 0.1) is 7.14 Å². The lowest BCUT2D eigenvalue weighted by molar-refractivity contribution is -0.145. The number of carbonyl (C=O) groups is 2. The molecule has 1 aliphatic heterocycles. The molecular formula is C25H22I2N2O6S2. The predicted molar refractivity (Wildman–Crippen MR) is 159 cm³/mol. The number of carbonyl (C=O) groups excluding carboxylic acids is 2. The first kappa shape index (κ1) is 28.0. The van der Waals surface area contributed by atoms with Crippen LogP contribution >= 0.6 is 67.9 Å². The highest BCUT2D eigenvalue weighted by Crippen LogP contribution is 2.33. The minimum Gasteiger partial charge on any atom is -0.480 e. The van der Waals surface area contributed by atoms with Gasteiger partial charge in [0.1, 0.15) is 11.8 Å². The lowest BCUT2D eigenvalue weighted by Gasteiger charge is -2.23. The summed E-state index contributed by atoms with van der Waals surface area (Å²) in [6.45, 7) is 5.60. The monoisotopic (exact) mass is 764 g/mol. The maximum absolute atomic E-state index is 13.7. The van der Waals surface area contributed by atoms with Crippen molar-refractivity contribution in [2.75, 3.05) is 19.8 Å². The number of thiazole rings is 1. The zero-order valence-electron chi connectivity index (χ0n) is 20.1. The topological polar surface area (TPSA) is 96.2 Å². The van der Waals surface area contributed by atoms with Crippen molar-refractivity contribution >= 4 is 85.9 Å². The Balaban J connectivity index is 1.77. The van der Waals surface area contributed by atoms with Crippen LogP contribution < -0.4 is 19.6 Å². The zero-order valence-corrected chi connectivity index (χ0v) is 26.0. The Kier molecular flexibility index (Phi) is 9.24. The van der Waals surface area contributed by atoms with E-state index in [9.17, 15) is 14.4 Å². The van der Waals surface area contributed by atoms with Crippen molar-refractivity contribution in [2.24, 2.45) is 4.99 Å². The van der Waals surface area contributed by atoms with Crippen molar-refractivity contribution in [3.05, 3.63) is 78.2 Å². The quantitative estimate of drug-likeness (QED) is 0.255. The minimum atomic E-state index is -0.601. The Hall–Kier alpha value is -2.04. The standard InChI is InChI=1S/C25H22I2N2O6S2/c1-4-33-19(30)12-35-22-15(26)9-14(10-16(22)27)11-18-23(31)29-21(17-7-6-8-36-17)20(24(32)34-5-2)13(3)28-25(29)37-18/h6-11,21H,4-5,12H2,1-3H3/b18-11-/t21-/m0/s1. The molecule has 37 heavy (non-hydrogen) atoms. The molecule has 4 rings (SSSR count). The van der Waals surface area contributed by atoms with Crippen LogP contribution in [-0.4, -0.2) is 36.3 Å². The summed E-state index contributed by atoms with van der Waals surface area (Å²) in [6.07, 6.45) is 1.80. The largest absolute Gasteiger partial charge is 0.480 e. The predicted octanol–water partition coefficient (Wildman–Crippen LogP) is 4.01. The Morgan fingerprint density at radius 3 is 2.49 bits per heavy atom. The second kappa shape index (κ2) is 12.2. The number of rotatable bonds is 8. The van der Waals surface area contributed by atoms with Crippen molar-refractivity contribution in [1.29, 1.82) is 0 Å². The molecule has 0 radical (unpaired) electrons. The average molecular weight is 764 g/mol. The van der Waals surface area contributed by atoms with Crippen LogP contribution in [0.3, 0.4) is 0 Å². The third kappa shape index (κ3) is 6.01. The maximum Gasteiger partial charge on any atom is 0.344 e. The molecule has 0 fully saturated rings. The van der Waals surface area contributed by atoms with Gasteiger partial charge >= 0.3 is 11.9 Å². The molecule has 0 spiro atoms. The third-order valence-electron chi connectivity index (χ3n) is 5.29. The molecule has 12 heteroatoms. The molecule has 0 saturated carbocycles. The van der Waals surface area contributed by atoms with Gasteiger partial charge in [0.2, 0.25) is 0 Å². The molecule has 0 N–H and O–H groups in total. The minimum absolute atomic E-state index is 0.178. The van der Waals surface area contributed by atoms with Crippen molar-refractivity contribution < 1.29 is 23.8 Å². The first-order chi connectivity index (χ1) is 17.7. The van der Waals surface area contributed by atoms with E-state index in [2.05, 4.69) is 50.2 Å². The molecule has 0 saturated heterocycles. The molecule has 2 aromatic heterocycles. The van der Waals surface area contributed by atoms with Gasteiger partial charge in [-0.3, -0.25) is 9.36 Å². The smallest absolute Gasteiger partial charge is 0.344 e. The van der Waals surface area contributed by atoms with E-state index >= 15 is 0 Å². The summed E-state index contributed by atoms with van der Waals surface area (Å²) in [7, 11) is 0. The van der Waals surface area contributed by atoms with Gasteiger partial charge in [0, 0.05) is 4.88 Å². The molecule has 0 bridgehead atoms. The van der Waals surface area contributed by atoms with E-state index in [1.165, 1.54) is 22.7 Å². The van der Waals surface area contributed by atoms with E-state index in [0.717, 1.165) is 17.6 Å². The Morgan fingerprint density at radius 2 is 1.86 bits per heavy atom. The molecule has 1 aliphatic rings. The summed E-state index contributed by atoms with van der Waals surface area (Å²) in [5.74, 6) is -0.323. The number of aromatic nitrogens is 1. The molecule has 1 aromatic carbocycles. The second-order valence-corrected chi connectivity index (χ2v) is 12.0. The van der Waals surface area contributed by atoms with Crippen LogP contribution in [0.1, 0.15) is 37.3 Å². The second-order valence-electron chi connectivity index (χ2n) is 7.73. The first-order valence-corrected chi connectivity index (χ1v) is 15.1. The fourth-order valence-electron chi connectivity index (χ4n) is 3.79. The fraction of sp³-hybridized carbons (Fsp3) is 0.280. The molecule has 194 valence electrons. The number of esters is 2. The van der Waals surface area contributed by atoms with Crippen LogP contribution in [0.15, 0.2) is 50.7 Å². The highest BCUT2D eigenvalue weighted by atomic mass is 127. The van der Waals surface area contributed by atoms with E-state index in [1.807, 2.05) is 29.6 Å². The number of halogens is 2. The summed E-state index contributed by atoms with van der Waals surface area (Å²) in [5, 5.41) is 1.92. The van der Waals surface area contributed by atoms with E-state index in [1.54, 1.807) is 31.4 Å². The van der Waals surface area contributed by atoms with Gasteiger partial charge in [-0.1, -0.05) is 17.4 Å². The van der Waals surface area contributed by atoms with Crippen molar-refractivity contribution in [1.82, 2.24) is 4.57 Å². The van der Waals surface area contributed by atoms with Crippen LogP contribution in [0.2, 0.25) is 0 Å². The van der Waals surface area contributed by atoms with Crippen LogP contribution in [-0.2, 0) is 19.1 Å². The first-order valence-electron chi connectivity index (χ1n) is 11.3.